The molecule has 1 aromatic rings. The number of hydrogen-bond donors (Lipinski definition) is 2. The zero-order valence-electron chi connectivity index (χ0n) is 10.3. The van der Waals surface area contributed by atoms with Crippen LogP contribution in [0.3, 0.4) is 0 Å². The first-order chi connectivity index (χ1) is 8.65. The Kier molecular flexibility index (Phi) is 5.31. The Balaban J connectivity index is 1.77. The lowest BCUT2D eigenvalue weighted by Crippen LogP contribution is -2.28. The van der Waals surface area contributed by atoms with Gasteiger partial charge in [-0.25, -0.2) is 0 Å². The fourth-order valence-electron chi connectivity index (χ4n) is 2.52. The average Bonchev–Trinajstić information content (AvgIpc) is 2.32. The van der Waals surface area contributed by atoms with Crippen molar-refractivity contribution in [3.05, 3.63) is 33.8 Å². The van der Waals surface area contributed by atoms with Crippen molar-refractivity contribution >= 4 is 23.2 Å². The number of aliphatic hydroxyl groups is 1. The molecule has 1 saturated carbocycles. The lowest BCUT2D eigenvalue weighted by molar-refractivity contribution is 0.101. The van der Waals surface area contributed by atoms with Crippen molar-refractivity contribution in [3.63, 3.8) is 0 Å². The highest BCUT2D eigenvalue weighted by Gasteiger charge is 2.19. The normalized spacial score (nSPS) is 24.2. The summed E-state index contributed by atoms with van der Waals surface area (Å²) in [7, 11) is 0. The molecule has 2 N–H and O–H groups in total. The van der Waals surface area contributed by atoms with Crippen LogP contribution in [0, 0.1) is 5.92 Å². The predicted molar refractivity (Wildman–Crippen MR) is 76.1 cm³/mol. The molecule has 0 heterocycles. The first-order valence-electron chi connectivity index (χ1n) is 6.48. The minimum absolute atomic E-state index is 0.107. The first-order valence-corrected chi connectivity index (χ1v) is 7.23. The van der Waals surface area contributed by atoms with Gasteiger partial charge in [0.1, 0.15) is 0 Å². The van der Waals surface area contributed by atoms with Crippen LogP contribution in [-0.4, -0.2) is 17.8 Å². The van der Waals surface area contributed by atoms with Gasteiger partial charge < -0.3 is 10.4 Å². The molecule has 0 bridgehead atoms. The maximum Gasteiger partial charge on any atom is 0.0543 e. The maximum atomic E-state index is 9.61. The van der Waals surface area contributed by atoms with E-state index in [1.807, 2.05) is 12.1 Å². The summed E-state index contributed by atoms with van der Waals surface area (Å²) in [6.07, 6.45) is 4.11. The summed E-state index contributed by atoms with van der Waals surface area (Å²) in [5.41, 5.74) is 1.07. The van der Waals surface area contributed by atoms with Gasteiger partial charge in [-0.05, 0) is 49.4 Å². The fraction of sp³-hybridized carbons (Fsp3) is 0.571. The summed E-state index contributed by atoms with van der Waals surface area (Å²) < 4.78 is 0. The zero-order valence-corrected chi connectivity index (χ0v) is 11.8. The summed E-state index contributed by atoms with van der Waals surface area (Å²) >= 11 is 12.0. The van der Waals surface area contributed by atoms with Gasteiger partial charge in [-0.2, -0.15) is 0 Å². The molecular weight excluding hydrogens is 269 g/mol. The standard InChI is InChI=1S/C14H19Cl2NO/c15-12-5-4-11(14(16)7-12)9-17-8-10-2-1-3-13(18)6-10/h4-5,7,10,13,17-18H,1-3,6,8-9H2. The second-order valence-electron chi connectivity index (χ2n) is 5.05. The largest absolute Gasteiger partial charge is 0.393 e. The Morgan fingerprint density at radius 1 is 1.28 bits per heavy atom. The lowest BCUT2D eigenvalue weighted by Gasteiger charge is -2.26. The molecule has 0 amide bonds. The van der Waals surface area contributed by atoms with Crippen LogP contribution in [0.15, 0.2) is 18.2 Å². The third kappa shape index (κ3) is 4.13. The minimum atomic E-state index is -0.107. The molecule has 0 aliphatic heterocycles. The second-order valence-corrected chi connectivity index (χ2v) is 5.90. The molecule has 0 aromatic heterocycles. The molecule has 2 atom stereocenters. The summed E-state index contributed by atoms with van der Waals surface area (Å²) in [5.74, 6) is 0.583. The highest BCUT2D eigenvalue weighted by molar-refractivity contribution is 6.35. The molecule has 0 saturated heterocycles. The first kappa shape index (κ1) is 14.1. The highest BCUT2D eigenvalue weighted by atomic mass is 35.5. The number of hydrogen-bond acceptors (Lipinski definition) is 2. The van der Waals surface area contributed by atoms with Gasteiger partial charge in [-0.3, -0.25) is 0 Å². The van der Waals surface area contributed by atoms with Crippen LogP contribution in [0.4, 0.5) is 0 Å². The van der Waals surface area contributed by atoms with E-state index >= 15 is 0 Å². The van der Waals surface area contributed by atoms with Crippen molar-refractivity contribution in [2.24, 2.45) is 5.92 Å². The second kappa shape index (κ2) is 6.76. The van der Waals surface area contributed by atoms with E-state index in [9.17, 15) is 5.11 Å². The van der Waals surface area contributed by atoms with Crippen molar-refractivity contribution in [2.75, 3.05) is 6.54 Å². The molecule has 0 radical (unpaired) electrons. The number of nitrogens with one attached hydrogen (secondary N) is 1. The van der Waals surface area contributed by atoms with Gasteiger partial charge in [0.05, 0.1) is 6.10 Å². The SMILES string of the molecule is OC1CCCC(CNCc2ccc(Cl)cc2Cl)C1. The van der Waals surface area contributed by atoms with Gasteiger partial charge in [0.15, 0.2) is 0 Å². The van der Waals surface area contributed by atoms with Gasteiger partial charge in [0, 0.05) is 16.6 Å². The number of halogens is 2. The van der Waals surface area contributed by atoms with Gasteiger partial charge in [-0.1, -0.05) is 35.7 Å². The van der Waals surface area contributed by atoms with Gasteiger partial charge in [0.2, 0.25) is 0 Å². The van der Waals surface area contributed by atoms with Crippen molar-refractivity contribution in [1.82, 2.24) is 5.32 Å². The molecule has 1 aliphatic carbocycles. The Morgan fingerprint density at radius 3 is 2.83 bits per heavy atom. The molecule has 4 heteroatoms. The number of aliphatic hydroxyl groups excluding tert-OH is 1. The van der Waals surface area contributed by atoms with Crippen LogP contribution in [-0.2, 0) is 6.54 Å². The average molecular weight is 288 g/mol. The van der Waals surface area contributed by atoms with E-state index in [-0.39, 0.29) is 6.10 Å². The quantitative estimate of drug-likeness (QED) is 0.886. The van der Waals surface area contributed by atoms with E-state index in [2.05, 4.69) is 5.32 Å². The monoisotopic (exact) mass is 287 g/mol. The highest BCUT2D eigenvalue weighted by Crippen LogP contribution is 2.24. The molecule has 2 rings (SSSR count). The summed E-state index contributed by atoms with van der Waals surface area (Å²) in [6, 6.07) is 5.58. The molecule has 18 heavy (non-hydrogen) atoms. The van der Waals surface area contributed by atoms with Crippen LogP contribution < -0.4 is 5.32 Å². The molecule has 1 aromatic carbocycles. The van der Waals surface area contributed by atoms with Gasteiger partial charge in [-0.15, -0.1) is 0 Å². The maximum absolute atomic E-state index is 9.61. The van der Waals surface area contributed by atoms with E-state index in [0.717, 1.165) is 37.9 Å². The molecule has 100 valence electrons. The van der Waals surface area contributed by atoms with E-state index < -0.39 is 0 Å². The Bertz CT molecular complexity index is 397. The molecule has 1 aliphatic rings. The van der Waals surface area contributed by atoms with E-state index in [1.165, 1.54) is 6.42 Å². The molecule has 2 nitrogen and oxygen atoms in total. The van der Waals surface area contributed by atoms with Crippen LogP contribution >= 0.6 is 23.2 Å². The van der Waals surface area contributed by atoms with Crippen molar-refractivity contribution < 1.29 is 5.11 Å². The van der Waals surface area contributed by atoms with Crippen molar-refractivity contribution in [1.29, 1.82) is 0 Å². The molecule has 0 spiro atoms. The summed E-state index contributed by atoms with van der Waals surface area (Å²) in [5, 5.41) is 14.4. The van der Waals surface area contributed by atoms with Crippen LogP contribution in [0.2, 0.25) is 10.0 Å². The third-order valence-electron chi connectivity index (χ3n) is 3.52. The van der Waals surface area contributed by atoms with E-state index in [0.29, 0.717) is 16.0 Å². The summed E-state index contributed by atoms with van der Waals surface area (Å²) in [6.45, 7) is 1.69. The van der Waals surface area contributed by atoms with Gasteiger partial charge >= 0.3 is 0 Å². The van der Waals surface area contributed by atoms with Gasteiger partial charge in [0.25, 0.3) is 0 Å². The van der Waals surface area contributed by atoms with Crippen LogP contribution in [0.1, 0.15) is 31.2 Å². The lowest BCUT2D eigenvalue weighted by atomic mass is 9.87. The Labute approximate surface area is 118 Å². The van der Waals surface area contributed by atoms with E-state index in [4.69, 9.17) is 23.2 Å². The smallest absolute Gasteiger partial charge is 0.0543 e. The molecule has 2 unspecified atom stereocenters. The molecule has 1 fully saturated rings. The molecular formula is C14H19Cl2NO. The van der Waals surface area contributed by atoms with Crippen LogP contribution in [0.5, 0.6) is 0 Å². The number of benzene rings is 1. The van der Waals surface area contributed by atoms with Crippen molar-refractivity contribution in [3.8, 4) is 0 Å². The third-order valence-corrected chi connectivity index (χ3v) is 4.11. The fourth-order valence-corrected chi connectivity index (χ4v) is 3.00. The predicted octanol–water partition coefficient (Wildman–Crippen LogP) is 3.63. The minimum Gasteiger partial charge on any atom is -0.393 e. The van der Waals surface area contributed by atoms with Crippen molar-refractivity contribution in [2.45, 2.75) is 38.3 Å². The Morgan fingerprint density at radius 2 is 2.11 bits per heavy atom. The number of rotatable bonds is 4. The summed E-state index contributed by atoms with van der Waals surface area (Å²) in [4.78, 5) is 0. The van der Waals surface area contributed by atoms with Crippen LogP contribution in [0.25, 0.3) is 0 Å². The zero-order chi connectivity index (χ0) is 13.0. The topological polar surface area (TPSA) is 32.3 Å². The van der Waals surface area contributed by atoms with E-state index in [1.54, 1.807) is 6.07 Å². The Hall–Kier alpha value is -0.280.